The lowest BCUT2D eigenvalue weighted by atomic mass is 9.97. The van der Waals surface area contributed by atoms with Gasteiger partial charge in [-0.05, 0) is 24.6 Å². The number of phenolic OH excluding ortho intramolecular Hbond substituents is 1. The van der Waals surface area contributed by atoms with Crippen LogP contribution in [-0.4, -0.2) is 162 Å². The zero-order valence-electron chi connectivity index (χ0n) is 27.3. The van der Waals surface area contributed by atoms with Crippen LogP contribution in [0.15, 0.2) is 51.9 Å². The summed E-state index contributed by atoms with van der Waals surface area (Å²) in [6.07, 6.45) is -21.8. The molecule has 3 fully saturated rings. The van der Waals surface area contributed by atoms with E-state index in [2.05, 4.69) is 0 Å². The number of aromatic hydroxyl groups is 1. The predicted molar refractivity (Wildman–Crippen MR) is 170 cm³/mol. The molecule has 3 aromatic rings. The van der Waals surface area contributed by atoms with Crippen LogP contribution in [-0.2, 0) is 18.9 Å². The Morgan fingerprint density at radius 1 is 0.654 bits per heavy atom. The number of fused-ring (bicyclic) bond motifs is 1. The molecule has 2 aromatic carbocycles. The molecule has 0 amide bonds. The van der Waals surface area contributed by atoms with Crippen molar-refractivity contribution in [3.05, 3.63) is 52.9 Å². The summed E-state index contributed by atoms with van der Waals surface area (Å²) in [5.74, 6) is -0.594. The molecule has 6 rings (SSSR count). The van der Waals surface area contributed by atoms with Crippen LogP contribution < -0.4 is 14.9 Å². The maximum atomic E-state index is 13.5. The fourth-order valence-electron chi connectivity index (χ4n) is 6.20. The van der Waals surface area contributed by atoms with Gasteiger partial charge in [-0.15, -0.1) is 0 Å². The molecule has 52 heavy (non-hydrogen) atoms. The van der Waals surface area contributed by atoms with E-state index >= 15 is 0 Å². The molecule has 0 aliphatic carbocycles. The molecule has 1 aromatic heterocycles. The Hall–Kier alpha value is -3.51. The molecule has 3 aliphatic rings. The lowest BCUT2D eigenvalue weighted by Crippen LogP contribution is -2.64. The molecule has 15 unspecified atom stereocenters. The van der Waals surface area contributed by atoms with Gasteiger partial charge in [0.15, 0.2) is 12.4 Å². The van der Waals surface area contributed by atoms with E-state index in [-0.39, 0.29) is 28.0 Å². The number of aliphatic hydroxyl groups is 10. The zero-order chi connectivity index (χ0) is 37.6. The molecule has 0 spiro atoms. The highest BCUT2D eigenvalue weighted by Crippen LogP contribution is 2.34. The fourth-order valence-corrected chi connectivity index (χ4v) is 6.20. The third-order valence-corrected chi connectivity index (χ3v) is 9.27. The smallest absolute Gasteiger partial charge is 0.229 e. The van der Waals surface area contributed by atoms with Crippen LogP contribution in [0.4, 0.5) is 0 Å². The highest BCUT2D eigenvalue weighted by atomic mass is 16.8. The van der Waals surface area contributed by atoms with E-state index in [0.717, 1.165) is 12.3 Å². The average Bonchev–Trinajstić information content (AvgIpc) is 3.13. The van der Waals surface area contributed by atoms with E-state index in [1.165, 1.54) is 37.3 Å². The minimum Gasteiger partial charge on any atom is -0.507 e. The van der Waals surface area contributed by atoms with Gasteiger partial charge < -0.3 is 89.0 Å². The monoisotopic (exact) mass is 740 g/mol. The first-order valence-electron chi connectivity index (χ1n) is 16.2. The lowest BCUT2D eigenvalue weighted by Gasteiger charge is -2.45. The topological polar surface area (TPSA) is 308 Å². The van der Waals surface area contributed by atoms with Crippen LogP contribution in [0.1, 0.15) is 6.92 Å². The highest BCUT2D eigenvalue weighted by molar-refractivity contribution is 5.88. The molecule has 3 aliphatic heterocycles. The minimum absolute atomic E-state index is 0.0178. The quantitative estimate of drug-likeness (QED) is 0.101. The van der Waals surface area contributed by atoms with Crippen molar-refractivity contribution in [2.24, 2.45) is 0 Å². The van der Waals surface area contributed by atoms with Gasteiger partial charge in [0.1, 0.15) is 95.5 Å². The van der Waals surface area contributed by atoms with Crippen molar-refractivity contribution in [2.75, 3.05) is 13.2 Å². The zero-order valence-corrected chi connectivity index (χ0v) is 27.3. The summed E-state index contributed by atoms with van der Waals surface area (Å²) in [5.41, 5.74) is -0.433. The van der Waals surface area contributed by atoms with Gasteiger partial charge in [0.25, 0.3) is 0 Å². The Kier molecular flexibility index (Phi) is 11.4. The Balaban J connectivity index is 1.20. The number of hydrogen-bond donors (Lipinski definition) is 11. The van der Waals surface area contributed by atoms with E-state index < -0.39 is 117 Å². The molecule has 0 radical (unpaired) electrons. The van der Waals surface area contributed by atoms with Gasteiger partial charge in [0.2, 0.25) is 18.0 Å². The second-order valence-corrected chi connectivity index (χ2v) is 12.7. The molecular weight excluding hydrogens is 700 g/mol. The first-order chi connectivity index (χ1) is 24.7. The van der Waals surface area contributed by atoms with Crippen LogP contribution in [0.2, 0.25) is 0 Å². The Morgan fingerprint density at radius 3 is 1.88 bits per heavy atom. The van der Waals surface area contributed by atoms with E-state index in [4.69, 9.17) is 32.8 Å². The summed E-state index contributed by atoms with van der Waals surface area (Å²) >= 11 is 0. The lowest BCUT2D eigenvalue weighted by molar-refractivity contribution is -0.354. The summed E-state index contributed by atoms with van der Waals surface area (Å²) in [7, 11) is 0. The van der Waals surface area contributed by atoms with Crippen LogP contribution in [0.5, 0.6) is 17.2 Å². The van der Waals surface area contributed by atoms with Crippen molar-refractivity contribution in [3.8, 4) is 28.4 Å². The van der Waals surface area contributed by atoms with Crippen molar-refractivity contribution >= 4 is 11.0 Å². The molecule has 19 heteroatoms. The number of rotatable bonds is 9. The van der Waals surface area contributed by atoms with Gasteiger partial charge in [0.05, 0.1) is 24.9 Å². The van der Waals surface area contributed by atoms with Crippen LogP contribution in [0, 0.1) is 0 Å². The van der Waals surface area contributed by atoms with Gasteiger partial charge in [-0.1, -0.05) is 12.1 Å². The third-order valence-electron chi connectivity index (χ3n) is 9.27. The maximum Gasteiger partial charge on any atom is 0.229 e. The molecule has 286 valence electrons. The number of ether oxygens (including phenoxy) is 6. The van der Waals surface area contributed by atoms with Gasteiger partial charge >= 0.3 is 0 Å². The molecule has 0 saturated carbocycles. The molecule has 19 nitrogen and oxygen atoms in total. The number of benzene rings is 2. The molecule has 11 N–H and O–H groups in total. The van der Waals surface area contributed by atoms with E-state index in [1.54, 1.807) is 0 Å². The van der Waals surface area contributed by atoms with Gasteiger partial charge in [-0.2, -0.15) is 0 Å². The SMILES string of the molecule is CC1OC(OC2C(Oc3ccc(-c4coc5cc(OC6OC(CO)C(O)C(O)C6O)cc(O)c5c4=O)cc3)OC(CO)C(O)C2O)C(O)C(O)C1O. The van der Waals surface area contributed by atoms with Crippen molar-refractivity contribution in [1.82, 2.24) is 0 Å². The maximum absolute atomic E-state index is 13.5. The van der Waals surface area contributed by atoms with Gasteiger partial charge in [0, 0.05) is 12.1 Å². The Bertz CT molecular complexity index is 1730. The third kappa shape index (κ3) is 7.21. The van der Waals surface area contributed by atoms with E-state index in [1.807, 2.05) is 0 Å². The summed E-state index contributed by atoms with van der Waals surface area (Å²) in [6.45, 7) is 0.0329. The van der Waals surface area contributed by atoms with Crippen molar-refractivity contribution in [2.45, 2.75) is 99.0 Å². The summed E-state index contributed by atoms with van der Waals surface area (Å²) < 4.78 is 39.2. The van der Waals surface area contributed by atoms with Crippen molar-refractivity contribution in [3.63, 3.8) is 0 Å². The fraction of sp³-hybridized carbons (Fsp3) is 0.545. The van der Waals surface area contributed by atoms with E-state index in [9.17, 15) is 61.0 Å². The predicted octanol–water partition coefficient (Wildman–Crippen LogP) is -3.63. The van der Waals surface area contributed by atoms with E-state index in [0.29, 0.717) is 5.56 Å². The summed E-state index contributed by atoms with van der Waals surface area (Å²) in [5, 5.41) is 112. The molecule has 0 bridgehead atoms. The number of hydrogen-bond acceptors (Lipinski definition) is 19. The Labute approximate surface area is 293 Å². The van der Waals surface area contributed by atoms with Crippen molar-refractivity contribution in [1.29, 1.82) is 0 Å². The molecular formula is C33H40O19. The standard InChI is InChI=1S/C33H40O19/c1-11-21(37)25(41)28(44)31(47-11)52-30-27(43)24(40)19(9-35)51-33(30)48-13-4-2-12(3-5-13)15-10-46-17-7-14(6-16(36)20(17)22(15)38)49-32-29(45)26(42)23(39)18(8-34)50-32/h2-7,10-11,18-19,21,23-37,39-45H,8-9H2,1H3. The van der Waals surface area contributed by atoms with Gasteiger partial charge in [-0.25, -0.2) is 0 Å². The summed E-state index contributed by atoms with van der Waals surface area (Å²) in [4.78, 5) is 13.5. The normalized spacial score (nSPS) is 38.2. The number of phenols is 1. The van der Waals surface area contributed by atoms with Crippen molar-refractivity contribution < 1.29 is 89.0 Å². The first-order valence-corrected chi connectivity index (χ1v) is 16.2. The second kappa shape index (κ2) is 15.5. The molecule has 15 atom stereocenters. The number of aliphatic hydroxyl groups excluding tert-OH is 10. The van der Waals surface area contributed by atoms with Gasteiger partial charge in [-0.3, -0.25) is 4.79 Å². The van der Waals surface area contributed by atoms with Crippen LogP contribution in [0.25, 0.3) is 22.1 Å². The minimum atomic E-state index is -1.75. The highest BCUT2D eigenvalue weighted by Gasteiger charge is 2.51. The van der Waals surface area contributed by atoms with Crippen LogP contribution >= 0.6 is 0 Å². The molecule has 3 saturated heterocycles. The van der Waals surface area contributed by atoms with Crippen LogP contribution in [0.3, 0.4) is 0 Å². The summed E-state index contributed by atoms with van der Waals surface area (Å²) in [6, 6.07) is 8.03. The largest absolute Gasteiger partial charge is 0.507 e. The molecule has 4 heterocycles. The second-order valence-electron chi connectivity index (χ2n) is 12.7. The first kappa shape index (κ1) is 38.2. The Morgan fingerprint density at radius 2 is 1.23 bits per heavy atom. The average molecular weight is 741 g/mol.